The number of hydrogen-bond acceptors (Lipinski definition) is 4. The lowest BCUT2D eigenvalue weighted by Gasteiger charge is -2.25. The second-order valence-electron chi connectivity index (χ2n) is 4.97. The molecule has 0 spiro atoms. The predicted octanol–water partition coefficient (Wildman–Crippen LogP) is 1.84. The van der Waals surface area contributed by atoms with Gasteiger partial charge in [-0.25, -0.2) is 9.97 Å². The fourth-order valence-corrected chi connectivity index (χ4v) is 2.44. The Kier molecular flexibility index (Phi) is 4.01. The van der Waals surface area contributed by atoms with Gasteiger partial charge < -0.3 is 0 Å². The van der Waals surface area contributed by atoms with E-state index in [0.717, 1.165) is 12.8 Å². The van der Waals surface area contributed by atoms with Gasteiger partial charge in [0.2, 0.25) is 0 Å². The Labute approximate surface area is 117 Å². The van der Waals surface area contributed by atoms with Gasteiger partial charge in [-0.05, 0) is 12.8 Å². The Morgan fingerprint density at radius 1 is 0.850 bits per heavy atom. The van der Waals surface area contributed by atoms with Crippen LogP contribution in [0, 0.1) is 0 Å². The van der Waals surface area contributed by atoms with Gasteiger partial charge in [0.05, 0.1) is 37.4 Å². The molecule has 2 unspecified atom stereocenters. The highest BCUT2D eigenvalue weighted by molar-refractivity contribution is 5.59. The average Bonchev–Trinajstić information content (AvgIpc) is 3.17. The molecule has 0 N–H and O–H groups in total. The van der Waals surface area contributed by atoms with Crippen LogP contribution in [0.3, 0.4) is 0 Å². The molecular formula is C14H18N6. The Morgan fingerprint density at radius 3 is 1.75 bits per heavy atom. The predicted molar refractivity (Wildman–Crippen MR) is 78.3 cm³/mol. The second-order valence-corrected chi connectivity index (χ2v) is 4.97. The van der Waals surface area contributed by atoms with Crippen LogP contribution >= 0.6 is 0 Å². The first kappa shape index (κ1) is 12.8. The van der Waals surface area contributed by atoms with E-state index in [0.29, 0.717) is 0 Å². The largest absolute Gasteiger partial charge is 0.297 e. The van der Waals surface area contributed by atoms with Crippen molar-refractivity contribution in [3.8, 4) is 0 Å². The van der Waals surface area contributed by atoms with Gasteiger partial charge in [-0.3, -0.25) is 19.1 Å². The highest BCUT2D eigenvalue weighted by Crippen LogP contribution is 2.23. The molecule has 6 nitrogen and oxygen atoms in total. The van der Waals surface area contributed by atoms with Crippen molar-refractivity contribution in [1.29, 1.82) is 0 Å². The van der Waals surface area contributed by atoms with Crippen molar-refractivity contribution in [2.24, 2.45) is 9.98 Å². The van der Waals surface area contributed by atoms with E-state index in [2.05, 4.69) is 20.0 Å². The Balaban J connectivity index is 1.67. The fraction of sp³-hybridized carbons (Fsp3) is 0.429. The van der Waals surface area contributed by atoms with Crippen LogP contribution in [0.25, 0.3) is 0 Å². The minimum Gasteiger partial charge on any atom is -0.297 e. The van der Waals surface area contributed by atoms with E-state index in [4.69, 9.17) is 0 Å². The standard InChI is InChI=1S/C14H18N6/c1-2-4-14(18-12-20-8-6-16-10-20)13(3-1)17-11-19-7-5-15-9-19/h5-14H,1-4H2. The zero-order valence-corrected chi connectivity index (χ0v) is 11.3. The summed E-state index contributed by atoms with van der Waals surface area (Å²) in [6.45, 7) is 0. The number of aromatic nitrogens is 4. The van der Waals surface area contributed by atoms with E-state index >= 15 is 0 Å². The molecule has 6 heteroatoms. The summed E-state index contributed by atoms with van der Waals surface area (Å²) in [6.07, 6.45) is 19.1. The molecule has 1 aliphatic carbocycles. The second kappa shape index (κ2) is 6.27. The van der Waals surface area contributed by atoms with Gasteiger partial charge in [0, 0.05) is 24.8 Å². The maximum absolute atomic E-state index is 4.67. The lowest BCUT2D eigenvalue weighted by molar-refractivity contribution is 0.389. The molecule has 1 saturated carbocycles. The maximum atomic E-state index is 4.67. The van der Waals surface area contributed by atoms with E-state index in [-0.39, 0.29) is 12.1 Å². The van der Waals surface area contributed by atoms with Crippen molar-refractivity contribution in [3.05, 3.63) is 37.4 Å². The number of aliphatic imine (C=N–C) groups is 2. The normalized spacial score (nSPS) is 23.8. The molecule has 0 radical (unpaired) electrons. The van der Waals surface area contributed by atoms with Crippen LogP contribution in [0.5, 0.6) is 0 Å². The molecule has 2 heterocycles. The van der Waals surface area contributed by atoms with Crippen LogP contribution in [0.4, 0.5) is 0 Å². The fourth-order valence-electron chi connectivity index (χ4n) is 2.44. The molecule has 2 aromatic heterocycles. The van der Waals surface area contributed by atoms with Crippen LogP contribution in [-0.2, 0) is 0 Å². The molecule has 3 rings (SSSR count). The van der Waals surface area contributed by atoms with Gasteiger partial charge >= 0.3 is 0 Å². The Bertz CT molecular complexity index is 502. The van der Waals surface area contributed by atoms with Crippen molar-refractivity contribution in [2.45, 2.75) is 37.8 Å². The lowest BCUT2D eigenvalue weighted by atomic mass is 9.91. The lowest BCUT2D eigenvalue weighted by Crippen LogP contribution is -2.27. The third kappa shape index (κ3) is 3.20. The molecule has 1 fully saturated rings. The summed E-state index contributed by atoms with van der Waals surface area (Å²) >= 11 is 0. The van der Waals surface area contributed by atoms with Gasteiger partial charge in [-0.15, -0.1) is 0 Å². The minimum atomic E-state index is 0.255. The van der Waals surface area contributed by atoms with Crippen LogP contribution in [-0.4, -0.2) is 43.9 Å². The van der Waals surface area contributed by atoms with Crippen LogP contribution in [0.15, 0.2) is 47.4 Å². The Hall–Kier alpha value is -2.24. The maximum Gasteiger partial charge on any atom is 0.0998 e. The molecule has 0 aromatic carbocycles. The molecule has 2 aromatic rings. The molecule has 0 amide bonds. The zero-order valence-electron chi connectivity index (χ0n) is 11.3. The molecular weight excluding hydrogens is 252 g/mol. The van der Waals surface area contributed by atoms with Crippen LogP contribution < -0.4 is 0 Å². The highest BCUT2D eigenvalue weighted by atomic mass is 15.1. The monoisotopic (exact) mass is 270 g/mol. The summed E-state index contributed by atoms with van der Waals surface area (Å²) in [5.74, 6) is 0. The molecule has 0 aliphatic heterocycles. The topological polar surface area (TPSA) is 60.4 Å². The van der Waals surface area contributed by atoms with E-state index in [1.807, 2.05) is 34.2 Å². The third-order valence-electron chi connectivity index (χ3n) is 3.53. The number of rotatable bonds is 4. The van der Waals surface area contributed by atoms with E-state index in [1.165, 1.54) is 12.8 Å². The number of imidazole rings is 2. The summed E-state index contributed by atoms with van der Waals surface area (Å²) in [5.41, 5.74) is 0. The van der Waals surface area contributed by atoms with Gasteiger partial charge in [-0.2, -0.15) is 0 Å². The molecule has 0 bridgehead atoms. The van der Waals surface area contributed by atoms with Gasteiger partial charge in [-0.1, -0.05) is 12.8 Å². The summed E-state index contributed by atoms with van der Waals surface area (Å²) in [4.78, 5) is 17.3. The van der Waals surface area contributed by atoms with Crippen molar-refractivity contribution < 1.29 is 0 Å². The van der Waals surface area contributed by atoms with Gasteiger partial charge in [0.1, 0.15) is 0 Å². The van der Waals surface area contributed by atoms with E-state index < -0.39 is 0 Å². The van der Waals surface area contributed by atoms with Gasteiger partial charge in [0.15, 0.2) is 0 Å². The first-order valence-corrected chi connectivity index (χ1v) is 6.93. The highest BCUT2D eigenvalue weighted by Gasteiger charge is 2.23. The van der Waals surface area contributed by atoms with Gasteiger partial charge in [0.25, 0.3) is 0 Å². The molecule has 0 saturated heterocycles. The SMILES string of the molecule is C(=NC1CCCCC1N=Cn1ccnc1)n1ccnc1. The summed E-state index contributed by atoms with van der Waals surface area (Å²) in [7, 11) is 0. The first-order chi connectivity index (χ1) is 9.92. The van der Waals surface area contributed by atoms with E-state index in [1.54, 1.807) is 25.0 Å². The molecule has 20 heavy (non-hydrogen) atoms. The van der Waals surface area contributed by atoms with E-state index in [9.17, 15) is 0 Å². The third-order valence-corrected chi connectivity index (χ3v) is 3.53. The number of nitrogens with zero attached hydrogens (tertiary/aromatic N) is 6. The van der Waals surface area contributed by atoms with Crippen molar-refractivity contribution >= 4 is 12.7 Å². The quantitative estimate of drug-likeness (QED) is 0.628. The first-order valence-electron chi connectivity index (χ1n) is 6.93. The molecule has 104 valence electrons. The average molecular weight is 270 g/mol. The number of hydrogen-bond donors (Lipinski definition) is 0. The van der Waals surface area contributed by atoms with Crippen molar-refractivity contribution in [2.75, 3.05) is 0 Å². The molecule has 2 atom stereocenters. The zero-order chi connectivity index (χ0) is 13.6. The van der Waals surface area contributed by atoms with Crippen molar-refractivity contribution in [1.82, 2.24) is 19.1 Å². The molecule has 1 aliphatic rings. The summed E-state index contributed by atoms with van der Waals surface area (Å²) < 4.78 is 3.73. The van der Waals surface area contributed by atoms with Crippen molar-refractivity contribution in [3.63, 3.8) is 0 Å². The van der Waals surface area contributed by atoms with Crippen LogP contribution in [0.2, 0.25) is 0 Å². The summed E-state index contributed by atoms with van der Waals surface area (Å²) in [5, 5.41) is 0. The minimum absolute atomic E-state index is 0.255. The summed E-state index contributed by atoms with van der Waals surface area (Å²) in [6, 6.07) is 0.511. The van der Waals surface area contributed by atoms with Crippen LogP contribution in [0.1, 0.15) is 25.7 Å². The Morgan fingerprint density at radius 2 is 1.35 bits per heavy atom. The smallest absolute Gasteiger partial charge is 0.0998 e.